The number of hydrogen-bond acceptors (Lipinski definition) is 4. The predicted octanol–water partition coefficient (Wildman–Crippen LogP) is 0.655. The van der Waals surface area contributed by atoms with Crippen LogP contribution in [0, 0.1) is 5.92 Å². The first-order valence-electron chi connectivity index (χ1n) is 5.46. The highest BCUT2D eigenvalue weighted by molar-refractivity contribution is 5.24. The Bertz CT molecular complexity index is 265. The van der Waals surface area contributed by atoms with Gasteiger partial charge < -0.3 is 18.9 Å². The molecule has 4 rings (SSSR count). The van der Waals surface area contributed by atoms with Gasteiger partial charge in [0, 0.05) is 12.3 Å². The zero-order valence-corrected chi connectivity index (χ0v) is 8.03. The first-order chi connectivity index (χ1) is 6.86. The van der Waals surface area contributed by atoms with Gasteiger partial charge in [0.2, 0.25) is 11.6 Å². The minimum Gasteiger partial charge on any atom is -0.376 e. The lowest BCUT2D eigenvalue weighted by molar-refractivity contribution is -0.164. The second kappa shape index (κ2) is 2.32. The van der Waals surface area contributed by atoms with Crippen molar-refractivity contribution in [1.82, 2.24) is 0 Å². The van der Waals surface area contributed by atoms with Crippen molar-refractivity contribution in [3.8, 4) is 0 Å². The molecule has 3 aliphatic heterocycles. The van der Waals surface area contributed by atoms with E-state index in [4.69, 9.17) is 18.9 Å². The first kappa shape index (κ1) is 8.05. The SMILES string of the molecule is C1CC(C2COCCO2)C23OC2(C1)O3. The molecule has 2 atom stereocenters. The van der Waals surface area contributed by atoms with E-state index in [1.165, 1.54) is 6.42 Å². The zero-order chi connectivity index (χ0) is 9.23. The van der Waals surface area contributed by atoms with E-state index in [9.17, 15) is 0 Å². The van der Waals surface area contributed by atoms with Crippen LogP contribution in [0.15, 0.2) is 0 Å². The van der Waals surface area contributed by atoms with Gasteiger partial charge in [-0.2, -0.15) is 0 Å². The van der Waals surface area contributed by atoms with Crippen molar-refractivity contribution < 1.29 is 18.9 Å². The van der Waals surface area contributed by atoms with Crippen molar-refractivity contribution in [2.75, 3.05) is 19.8 Å². The molecular formula is C10H14O4. The van der Waals surface area contributed by atoms with Crippen molar-refractivity contribution in [3.05, 3.63) is 0 Å². The van der Waals surface area contributed by atoms with E-state index in [0.717, 1.165) is 19.4 Å². The van der Waals surface area contributed by atoms with Gasteiger partial charge in [-0.1, -0.05) is 0 Å². The van der Waals surface area contributed by atoms with E-state index < -0.39 is 0 Å². The average molecular weight is 198 g/mol. The molecule has 4 fully saturated rings. The fourth-order valence-electron chi connectivity index (χ4n) is 3.07. The lowest BCUT2D eigenvalue weighted by atomic mass is 9.85. The number of rotatable bonds is 1. The van der Waals surface area contributed by atoms with Gasteiger partial charge in [0.25, 0.3) is 0 Å². The second-order valence-electron chi connectivity index (χ2n) is 4.61. The van der Waals surface area contributed by atoms with E-state index in [0.29, 0.717) is 19.1 Å². The highest BCUT2D eigenvalue weighted by atomic mass is 17.0. The van der Waals surface area contributed by atoms with Crippen LogP contribution in [0.1, 0.15) is 19.3 Å². The van der Waals surface area contributed by atoms with Crippen LogP contribution in [-0.2, 0) is 18.9 Å². The van der Waals surface area contributed by atoms with E-state index in [1.54, 1.807) is 0 Å². The van der Waals surface area contributed by atoms with E-state index in [1.807, 2.05) is 0 Å². The third-order valence-electron chi connectivity index (χ3n) is 3.88. The van der Waals surface area contributed by atoms with Gasteiger partial charge in [-0.25, -0.2) is 0 Å². The third-order valence-corrected chi connectivity index (χ3v) is 3.88. The quantitative estimate of drug-likeness (QED) is 0.580. The Morgan fingerprint density at radius 3 is 2.86 bits per heavy atom. The molecule has 3 saturated heterocycles. The molecule has 1 saturated carbocycles. The summed E-state index contributed by atoms with van der Waals surface area (Å²) >= 11 is 0. The molecule has 0 aromatic carbocycles. The summed E-state index contributed by atoms with van der Waals surface area (Å²) in [5, 5.41) is 0. The molecule has 0 radical (unpaired) electrons. The van der Waals surface area contributed by atoms with E-state index in [-0.39, 0.29) is 17.7 Å². The Morgan fingerprint density at radius 1 is 1.14 bits per heavy atom. The molecule has 0 spiro atoms. The molecule has 4 nitrogen and oxygen atoms in total. The lowest BCUT2D eigenvalue weighted by Gasteiger charge is -2.30. The Morgan fingerprint density at radius 2 is 2.07 bits per heavy atom. The molecule has 0 N–H and O–H groups in total. The fourth-order valence-corrected chi connectivity index (χ4v) is 3.07. The van der Waals surface area contributed by atoms with Crippen molar-refractivity contribution in [3.63, 3.8) is 0 Å². The van der Waals surface area contributed by atoms with Gasteiger partial charge in [-0.3, -0.25) is 0 Å². The highest BCUT2D eigenvalue weighted by Gasteiger charge is 2.94. The molecule has 0 bridgehead atoms. The molecule has 14 heavy (non-hydrogen) atoms. The Labute approximate surface area is 82.5 Å². The van der Waals surface area contributed by atoms with Crippen molar-refractivity contribution in [2.45, 2.75) is 36.9 Å². The van der Waals surface area contributed by atoms with Gasteiger partial charge in [0.15, 0.2) is 0 Å². The van der Waals surface area contributed by atoms with Crippen molar-refractivity contribution in [2.24, 2.45) is 5.92 Å². The smallest absolute Gasteiger partial charge is 0.234 e. The van der Waals surface area contributed by atoms with E-state index >= 15 is 0 Å². The number of hydrogen-bond donors (Lipinski definition) is 0. The molecule has 1 aliphatic carbocycles. The zero-order valence-electron chi connectivity index (χ0n) is 8.03. The molecule has 0 aromatic rings. The van der Waals surface area contributed by atoms with Crippen LogP contribution >= 0.6 is 0 Å². The summed E-state index contributed by atoms with van der Waals surface area (Å²) in [6.07, 6.45) is 3.59. The Hall–Kier alpha value is -0.160. The standard InChI is InChI=1S/C10H14O4/c1-2-7(8-6-11-4-5-12-8)10-9(3-1,13-10)14-10/h7-8H,1-6H2. The lowest BCUT2D eigenvalue weighted by Crippen LogP contribution is -2.40. The van der Waals surface area contributed by atoms with Gasteiger partial charge in [-0.05, 0) is 12.8 Å². The molecule has 0 aromatic heterocycles. The summed E-state index contributed by atoms with van der Waals surface area (Å²) < 4.78 is 22.4. The summed E-state index contributed by atoms with van der Waals surface area (Å²) in [5.74, 6) is -0.00980. The summed E-state index contributed by atoms with van der Waals surface area (Å²) in [6, 6.07) is 0. The van der Waals surface area contributed by atoms with Gasteiger partial charge in [0.1, 0.15) is 0 Å². The van der Waals surface area contributed by atoms with Crippen LogP contribution in [0.25, 0.3) is 0 Å². The molecule has 78 valence electrons. The maximum absolute atomic E-state index is 5.72. The number of ether oxygens (including phenoxy) is 4. The van der Waals surface area contributed by atoms with Crippen LogP contribution in [0.2, 0.25) is 0 Å². The van der Waals surface area contributed by atoms with Crippen molar-refractivity contribution >= 4 is 0 Å². The molecule has 3 heterocycles. The van der Waals surface area contributed by atoms with Crippen LogP contribution in [0.4, 0.5) is 0 Å². The average Bonchev–Trinajstić information content (AvgIpc) is 3.03. The third kappa shape index (κ3) is 0.795. The maximum atomic E-state index is 5.72. The largest absolute Gasteiger partial charge is 0.376 e. The van der Waals surface area contributed by atoms with Crippen LogP contribution < -0.4 is 0 Å². The monoisotopic (exact) mass is 198 g/mol. The van der Waals surface area contributed by atoms with Crippen LogP contribution in [0.5, 0.6) is 0 Å². The van der Waals surface area contributed by atoms with Crippen molar-refractivity contribution in [1.29, 1.82) is 0 Å². The first-order valence-corrected chi connectivity index (χ1v) is 5.46. The van der Waals surface area contributed by atoms with Crippen LogP contribution in [0.3, 0.4) is 0 Å². The Kier molecular flexibility index (Phi) is 1.33. The van der Waals surface area contributed by atoms with E-state index in [2.05, 4.69) is 0 Å². The summed E-state index contributed by atoms with van der Waals surface area (Å²) in [7, 11) is 0. The maximum Gasteiger partial charge on any atom is 0.234 e. The second-order valence-corrected chi connectivity index (χ2v) is 4.61. The minimum absolute atomic E-state index is 0.170. The fraction of sp³-hybridized carbons (Fsp3) is 1.00. The molecule has 4 aliphatic rings. The van der Waals surface area contributed by atoms with Gasteiger partial charge in [0.05, 0.1) is 25.9 Å². The summed E-state index contributed by atoms with van der Waals surface area (Å²) in [4.78, 5) is 0. The summed E-state index contributed by atoms with van der Waals surface area (Å²) in [5.41, 5.74) is 0. The molecular weight excluding hydrogens is 184 g/mol. The predicted molar refractivity (Wildman–Crippen MR) is 45.5 cm³/mol. The number of epoxide rings is 2. The molecule has 2 unspecified atom stereocenters. The summed E-state index contributed by atoms with van der Waals surface area (Å²) in [6.45, 7) is 2.14. The normalized spacial score (nSPS) is 60.0. The minimum atomic E-state index is -0.239. The topological polar surface area (TPSA) is 43.5 Å². The highest BCUT2D eigenvalue weighted by Crippen LogP contribution is 2.76. The Balaban J connectivity index is 1.54. The van der Waals surface area contributed by atoms with Crippen LogP contribution in [-0.4, -0.2) is 37.5 Å². The molecule has 0 amide bonds. The van der Waals surface area contributed by atoms with Gasteiger partial charge >= 0.3 is 0 Å². The van der Waals surface area contributed by atoms with Gasteiger partial charge in [-0.15, -0.1) is 0 Å². The molecule has 4 heteroatoms.